The highest BCUT2D eigenvalue weighted by Crippen LogP contribution is 2.36. The van der Waals surface area contributed by atoms with Crippen molar-refractivity contribution in [3.8, 4) is 0 Å². The normalized spacial score (nSPS) is 26.4. The van der Waals surface area contributed by atoms with Crippen LogP contribution in [0.15, 0.2) is 0 Å². The Morgan fingerprint density at radius 2 is 1.37 bits per heavy atom. The van der Waals surface area contributed by atoms with Crippen LogP contribution in [0, 0.1) is 0 Å². The van der Waals surface area contributed by atoms with E-state index in [1.807, 2.05) is 41.5 Å². The van der Waals surface area contributed by atoms with Gasteiger partial charge in [0.1, 0.15) is 0 Å². The summed E-state index contributed by atoms with van der Waals surface area (Å²) in [5.74, 6) is -4.96. The van der Waals surface area contributed by atoms with E-state index in [1.54, 1.807) is 0 Å². The first kappa shape index (κ1) is 24.6. The molecule has 2 rings (SSSR count). The summed E-state index contributed by atoms with van der Waals surface area (Å²) >= 11 is 0. The van der Waals surface area contributed by atoms with Crippen molar-refractivity contribution in [1.82, 2.24) is 10.4 Å². The maximum Gasteiger partial charge on any atom is 0.249 e. The average molecular weight is 399 g/mol. The van der Waals surface area contributed by atoms with Gasteiger partial charge >= 0.3 is 0 Å². The van der Waals surface area contributed by atoms with Gasteiger partial charge in [-0.2, -0.15) is 5.06 Å². The first-order valence-corrected chi connectivity index (χ1v) is 10.0. The van der Waals surface area contributed by atoms with E-state index in [0.29, 0.717) is 19.3 Å². The first-order valence-electron chi connectivity index (χ1n) is 10.0. The highest BCUT2D eigenvalue weighted by Gasteiger charge is 2.39. The van der Waals surface area contributed by atoms with Crippen molar-refractivity contribution in [2.24, 2.45) is 0 Å². The zero-order valence-corrected chi connectivity index (χ0v) is 17.7. The molecule has 2 aliphatic rings. The Bertz CT molecular complexity index is 446. The van der Waals surface area contributed by atoms with Crippen LogP contribution in [0.3, 0.4) is 0 Å². The highest BCUT2D eigenvalue weighted by atomic mass is 19.3. The van der Waals surface area contributed by atoms with E-state index in [9.17, 15) is 22.8 Å². The van der Waals surface area contributed by atoms with E-state index in [4.69, 9.17) is 0 Å². The minimum absolute atomic E-state index is 0.00424. The highest BCUT2D eigenvalue weighted by molar-refractivity contribution is 4.87. The summed E-state index contributed by atoms with van der Waals surface area (Å²) in [7, 11) is 0. The summed E-state index contributed by atoms with van der Waals surface area (Å²) in [5, 5.41) is 14.2. The van der Waals surface area contributed by atoms with E-state index in [-0.39, 0.29) is 48.8 Å². The predicted octanol–water partition coefficient (Wildman–Crippen LogP) is 6.01. The molecule has 7 heteroatoms. The van der Waals surface area contributed by atoms with Gasteiger partial charge in [-0.05, 0) is 67.2 Å². The maximum atomic E-state index is 13.0. The molecule has 0 amide bonds. The Morgan fingerprint density at radius 1 is 0.852 bits per heavy atom. The minimum Gasteiger partial charge on any atom is -0.313 e. The lowest BCUT2D eigenvalue weighted by atomic mass is 9.90. The Balaban J connectivity index is 0.000000271. The molecule has 3 nitrogen and oxygen atoms in total. The van der Waals surface area contributed by atoms with E-state index in [0.717, 1.165) is 6.42 Å². The quantitative estimate of drug-likeness (QED) is 0.442. The van der Waals surface area contributed by atoms with Gasteiger partial charge in [-0.15, -0.1) is 0 Å². The fraction of sp³-hybridized carbons (Fsp3) is 1.00. The van der Waals surface area contributed by atoms with Gasteiger partial charge in [0.05, 0.1) is 0 Å². The lowest BCUT2D eigenvalue weighted by Crippen LogP contribution is -2.48. The second-order valence-corrected chi connectivity index (χ2v) is 10.1. The SMILES string of the molecule is CC(C)(C)N(O)C1CCC(F)(F)CC1.CC(C)(C)NC1CCCC(F)(F)C1. The number of nitrogens with one attached hydrogen (secondary N) is 1. The third-order valence-electron chi connectivity index (χ3n) is 5.00. The van der Waals surface area contributed by atoms with Crippen LogP contribution in [0.5, 0.6) is 0 Å². The molecule has 2 saturated carbocycles. The van der Waals surface area contributed by atoms with Crippen molar-refractivity contribution >= 4 is 0 Å². The zero-order valence-electron chi connectivity index (χ0n) is 17.7. The number of nitrogens with zero attached hydrogens (tertiary/aromatic N) is 1. The lowest BCUT2D eigenvalue weighted by molar-refractivity contribution is -0.204. The van der Waals surface area contributed by atoms with E-state index >= 15 is 0 Å². The van der Waals surface area contributed by atoms with Gasteiger partial charge in [0, 0.05) is 48.8 Å². The van der Waals surface area contributed by atoms with Crippen molar-refractivity contribution in [3.05, 3.63) is 0 Å². The van der Waals surface area contributed by atoms with Crippen molar-refractivity contribution in [1.29, 1.82) is 0 Å². The van der Waals surface area contributed by atoms with Crippen molar-refractivity contribution in [2.45, 2.75) is 128 Å². The van der Waals surface area contributed by atoms with Gasteiger partial charge < -0.3 is 10.5 Å². The molecule has 2 fully saturated rings. The maximum absolute atomic E-state index is 13.0. The summed E-state index contributed by atoms with van der Waals surface area (Å²) in [5.41, 5.74) is -0.421. The number of alkyl halides is 4. The minimum atomic E-state index is -2.52. The molecule has 0 saturated heterocycles. The molecule has 162 valence electrons. The van der Waals surface area contributed by atoms with Crippen molar-refractivity contribution < 1.29 is 22.8 Å². The molecule has 2 aliphatic carbocycles. The molecule has 27 heavy (non-hydrogen) atoms. The number of rotatable bonds is 2. The fourth-order valence-corrected chi connectivity index (χ4v) is 3.72. The monoisotopic (exact) mass is 398 g/mol. The number of halogens is 4. The number of hydrogen-bond donors (Lipinski definition) is 2. The van der Waals surface area contributed by atoms with Crippen LogP contribution < -0.4 is 5.32 Å². The first-order chi connectivity index (χ1) is 12.0. The van der Waals surface area contributed by atoms with Gasteiger partial charge in [-0.25, -0.2) is 17.6 Å². The molecule has 2 N–H and O–H groups in total. The summed E-state index contributed by atoms with van der Waals surface area (Å²) in [6.07, 6.45) is 2.13. The van der Waals surface area contributed by atoms with E-state index < -0.39 is 11.8 Å². The zero-order chi connectivity index (χ0) is 21.1. The van der Waals surface area contributed by atoms with Crippen molar-refractivity contribution in [3.63, 3.8) is 0 Å². The molecule has 0 radical (unpaired) electrons. The Kier molecular flexibility index (Phi) is 8.17. The summed E-state index contributed by atoms with van der Waals surface area (Å²) in [6, 6.07) is -0.127. The molecule has 0 heterocycles. The van der Waals surface area contributed by atoms with Crippen LogP contribution in [0.4, 0.5) is 17.6 Å². The standard InChI is InChI=1S/C10H19F2NO.C10H19F2N/c1-9(2,3)13(14)8-4-6-10(11,12)7-5-8;1-9(2,3)13-8-5-4-6-10(11,12)7-8/h8,14H,4-7H2,1-3H3;8,13H,4-7H2,1-3H3. The van der Waals surface area contributed by atoms with Gasteiger partial charge in [0.25, 0.3) is 0 Å². The average Bonchev–Trinajstić information content (AvgIpc) is 2.43. The summed E-state index contributed by atoms with van der Waals surface area (Å²) in [4.78, 5) is 0. The molecule has 0 aliphatic heterocycles. The molecule has 0 aromatic rings. The number of hydroxylamine groups is 2. The van der Waals surface area contributed by atoms with Gasteiger partial charge in [-0.1, -0.05) is 0 Å². The molecule has 1 atom stereocenters. The summed E-state index contributed by atoms with van der Waals surface area (Å²) < 4.78 is 51.7. The van der Waals surface area contributed by atoms with Gasteiger partial charge in [-0.3, -0.25) is 0 Å². The largest absolute Gasteiger partial charge is 0.313 e. The van der Waals surface area contributed by atoms with Gasteiger partial charge in [0.2, 0.25) is 11.8 Å². The third-order valence-corrected chi connectivity index (χ3v) is 5.00. The van der Waals surface area contributed by atoms with Crippen LogP contribution in [0.1, 0.15) is 92.9 Å². The Labute approximate surface area is 161 Å². The van der Waals surface area contributed by atoms with Gasteiger partial charge in [0.15, 0.2) is 0 Å². The Hall–Kier alpha value is -0.400. The molecule has 0 bridgehead atoms. The Morgan fingerprint density at radius 3 is 1.78 bits per heavy atom. The number of hydrogen-bond acceptors (Lipinski definition) is 3. The lowest BCUT2D eigenvalue weighted by Gasteiger charge is -2.39. The van der Waals surface area contributed by atoms with E-state index in [1.165, 1.54) is 5.06 Å². The van der Waals surface area contributed by atoms with Crippen LogP contribution in [-0.4, -0.2) is 45.3 Å². The molecular weight excluding hydrogens is 360 g/mol. The second kappa shape index (κ2) is 8.95. The van der Waals surface area contributed by atoms with Crippen molar-refractivity contribution in [2.75, 3.05) is 0 Å². The van der Waals surface area contributed by atoms with E-state index in [2.05, 4.69) is 5.32 Å². The smallest absolute Gasteiger partial charge is 0.249 e. The molecule has 0 spiro atoms. The van der Waals surface area contributed by atoms with Crippen LogP contribution in [-0.2, 0) is 0 Å². The molecule has 1 unspecified atom stereocenters. The fourth-order valence-electron chi connectivity index (χ4n) is 3.72. The molecular formula is C20H38F4N2O. The second-order valence-electron chi connectivity index (χ2n) is 10.1. The predicted molar refractivity (Wildman–Crippen MR) is 101 cm³/mol. The van der Waals surface area contributed by atoms with Crippen LogP contribution in [0.25, 0.3) is 0 Å². The summed E-state index contributed by atoms with van der Waals surface area (Å²) in [6.45, 7) is 11.7. The topological polar surface area (TPSA) is 35.5 Å². The molecule has 0 aromatic carbocycles. The third kappa shape index (κ3) is 9.57. The molecule has 0 aromatic heterocycles. The van der Waals surface area contributed by atoms with Crippen LogP contribution >= 0.6 is 0 Å². The van der Waals surface area contributed by atoms with Crippen LogP contribution in [0.2, 0.25) is 0 Å².